The maximum absolute atomic E-state index is 13.0. The van der Waals surface area contributed by atoms with Crippen molar-refractivity contribution in [2.24, 2.45) is 0 Å². The lowest BCUT2D eigenvalue weighted by Gasteiger charge is -2.28. The average Bonchev–Trinajstić information content (AvgIpc) is 3.43. The number of hydrogen-bond donors (Lipinski definition) is 3. The number of aromatic amines is 1. The largest absolute Gasteiger partial charge is 0.506 e. The summed E-state index contributed by atoms with van der Waals surface area (Å²) in [5, 5.41) is 19.6. The van der Waals surface area contributed by atoms with E-state index in [1.807, 2.05) is 18.2 Å². The Bertz CT molecular complexity index is 1260. The van der Waals surface area contributed by atoms with E-state index < -0.39 is 6.16 Å². The molecule has 1 aliphatic rings. The molecule has 0 amide bonds. The van der Waals surface area contributed by atoms with Gasteiger partial charge in [0.05, 0.1) is 17.1 Å². The molecule has 0 radical (unpaired) electrons. The number of imidazole rings is 1. The van der Waals surface area contributed by atoms with Crippen LogP contribution >= 0.6 is 0 Å². The van der Waals surface area contributed by atoms with Gasteiger partial charge in [-0.15, -0.1) is 5.10 Å². The quantitative estimate of drug-likeness (QED) is 0.349. The number of anilines is 2. The molecule has 170 valence electrons. The van der Waals surface area contributed by atoms with Gasteiger partial charge in [-0.05, 0) is 62.1 Å². The van der Waals surface area contributed by atoms with Crippen LogP contribution in [0.5, 0.6) is 5.75 Å². The summed E-state index contributed by atoms with van der Waals surface area (Å²) in [5.74, 6) is 0.963. The smallest absolute Gasteiger partial charge is 0.490 e. The van der Waals surface area contributed by atoms with Gasteiger partial charge in [-0.1, -0.05) is 5.10 Å². The number of rotatable bonds is 6. The number of hydrogen-bond acceptors (Lipinski definition) is 8. The molecular formula is C22H20FN5O5. The molecule has 1 fully saturated rings. The van der Waals surface area contributed by atoms with Crippen molar-refractivity contribution in [3.05, 3.63) is 48.3 Å². The minimum Gasteiger partial charge on any atom is -0.490 e. The highest BCUT2D eigenvalue weighted by molar-refractivity contribution is 5.79. The number of ether oxygens (including phenoxy) is 2. The first-order valence-electron chi connectivity index (χ1n) is 10.4. The number of carboxylic acid groups (broad SMARTS) is 1. The topological polar surface area (TPSA) is 135 Å². The Hall–Kier alpha value is -4.15. The molecule has 0 unspecified atom stereocenters. The van der Waals surface area contributed by atoms with Crippen molar-refractivity contribution in [2.75, 3.05) is 5.32 Å². The van der Waals surface area contributed by atoms with Crippen molar-refractivity contribution in [3.63, 3.8) is 0 Å². The van der Waals surface area contributed by atoms with Gasteiger partial charge in [-0.25, -0.2) is 14.2 Å². The lowest BCUT2D eigenvalue weighted by Crippen LogP contribution is -2.29. The predicted octanol–water partition coefficient (Wildman–Crippen LogP) is 4.88. The summed E-state index contributed by atoms with van der Waals surface area (Å²) in [6.07, 6.45) is 1.20. The van der Waals surface area contributed by atoms with Crippen LogP contribution in [0.1, 0.15) is 25.7 Å². The third-order valence-electron chi connectivity index (χ3n) is 5.37. The second-order valence-electron chi connectivity index (χ2n) is 7.71. The summed E-state index contributed by atoms with van der Waals surface area (Å²) in [5.41, 5.74) is 2.07. The van der Waals surface area contributed by atoms with E-state index in [-0.39, 0.29) is 29.9 Å². The zero-order valence-electron chi connectivity index (χ0n) is 17.3. The van der Waals surface area contributed by atoms with Crippen LogP contribution in [0.2, 0.25) is 0 Å². The van der Waals surface area contributed by atoms with Crippen LogP contribution in [0.25, 0.3) is 22.7 Å². The zero-order chi connectivity index (χ0) is 22.8. The Morgan fingerprint density at radius 3 is 2.61 bits per heavy atom. The van der Waals surface area contributed by atoms with Gasteiger partial charge in [0, 0.05) is 11.8 Å². The molecule has 3 N–H and O–H groups in total. The van der Waals surface area contributed by atoms with Crippen molar-refractivity contribution in [2.45, 2.75) is 37.9 Å². The second kappa shape index (κ2) is 8.77. The van der Waals surface area contributed by atoms with Gasteiger partial charge >= 0.3 is 12.2 Å². The fraction of sp³-hybridized carbons (Fsp3) is 0.273. The Balaban J connectivity index is 1.25. The van der Waals surface area contributed by atoms with Crippen molar-refractivity contribution >= 4 is 28.9 Å². The lowest BCUT2D eigenvalue weighted by atomic mass is 9.95. The molecule has 10 nitrogen and oxygen atoms in total. The van der Waals surface area contributed by atoms with Crippen LogP contribution in [0.3, 0.4) is 0 Å². The highest BCUT2D eigenvalue weighted by Gasteiger charge is 2.25. The van der Waals surface area contributed by atoms with E-state index in [0.29, 0.717) is 35.6 Å². The van der Waals surface area contributed by atoms with Crippen LogP contribution in [0, 0.1) is 5.82 Å². The number of nitrogens with zero attached hydrogens (tertiary/aromatic N) is 3. The summed E-state index contributed by atoms with van der Waals surface area (Å²) >= 11 is 0. The highest BCUT2D eigenvalue weighted by atomic mass is 19.1. The lowest BCUT2D eigenvalue weighted by molar-refractivity contribution is 0.0152. The Morgan fingerprint density at radius 1 is 1.09 bits per heavy atom. The number of H-pyrrole nitrogens is 1. The molecule has 1 saturated carbocycles. The third kappa shape index (κ3) is 4.86. The van der Waals surface area contributed by atoms with Crippen LogP contribution in [0.4, 0.5) is 20.9 Å². The summed E-state index contributed by atoms with van der Waals surface area (Å²) in [6.45, 7) is 0. The molecule has 5 rings (SSSR count). The third-order valence-corrected chi connectivity index (χ3v) is 5.37. The van der Waals surface area contributed by atoms with Gasteiger partial charge in [0.25, 0.3) is 5.89 Å². The Kier molecular flexibility index (Phi) is 5.51. The van der Waals surface area contributed by atoms with Gasteiger partial charge in [0.1, 0.15) is 17.7 Å². The highest BCUT2D eigenvalue weighted by Crippen LogP contribution is 2.29. The first-order chi connectivity index (χ1) is 16.0. The van der Waals surface area contributed by atoms with E-state index in [9.17, 15) is 9.18 Å². The molecule has 33 heavy (non-hydrogen) atoms. The maximum atomic E-state index is 13.0. The molecule has 2 heterocycles. The Labute approximate surface area is 186 Å². The summed E-state index contributed by atoms with van der Waals surface area (Å²) in [7, 11) is 0. The fourth-order valence-electron chi connectivity index (χ4n) is 3.79. The molecule has 0 aliphatic heterocycles. The molecule has 1 aliphatic carbocycles. The molecule has 11 heteroatoms. The van der Waals surface area contributed by atoms with Gasteiger partial charge in [-0.3, -0.25) is 0 Å². The standard InChI is InChI=1S/C22H20FN5O5/c23-12-1-3-13(4-2-12)24-21-28-27-20(33-21)19-25-17-10-9-16(11-18(17)26-19)31-14-5-7-15(8-6-14)32-22(29)30/h1-4,9-11,14-15H,5-8H2,(H,24,28)(H,25,26)(H,29,30). The maximum Gasteiger partial charge on any atom is 0.506 e. The van der Waals surface area contributed by atoms with Crippen molar-refractivity contribution in [1.82, 2.24) is 20.2 Å². The molecule has 2 aromatic carbocycles. The molecular weight excluding hydrogens is 433 g/mol. The SMILES string of the molecule is O=C(O)OC1CCC(Oc2ccc3nc(-c4nnc(Nc5ccc(F)cc5)o4)[nH]c3c2)CC1. The Morgan fingerprint density at radius 2 is 1.85 bits per heavy atom. The number of halogens is 1. The molecule has 0 atom stereocenters. The van der Waals surface area contributed by atoms with E-state index in [4.69, 9.17) is 19.0 Å². The molecule has 0 spiro atoms. The minimum absolute atomic E-state index is 0.00507. The first-order valence-corrected chi connectivity index (χ1v) is 10.4. The zero-order valence-corrected chi connectivity index (χ0v) is 17.3. The van der Waals surface area contributed by atoms with E-state index in [1.165, 1.54) is 12.1 Å². The van der Waals surface area contributed by atoms with Gasteiger partial charge in [0.2, 0.25) is 0 Å². The number of benzene rings is 2. The number of fused-ring (bicyclic) bond motifs is 1. The van der Waals surface area contributed by atoms with Gasteiger partial charge in [0.15, 0.2) is 5.82 Å². The van der Waals surface area contributed by atoms with Gasteiger partial charge in [-0.2, -0.15) is 0 Å². The number of nitrogens with one attached hydrogen (secondary N) is 2. The van der Waals surface area contributed by atoms with E-state index in [0.717, 1.165) is 18.4 Å². The summed E-state index contributed by atoms with van der Waals surface area (Å²) in [6, 6.07) is 11.5. The van der Waals surface area contributed by atoms with E-state index in [2.05, 4.69) is 25.5 Å². The van der Waals surface area contributed by atoms with Crippen LogP contribution in [-0.2, 0) is 4.74 Å². The van der Waals surface area contributed by atoms with Crippen LogP contribution in [-0.4, -0.2) is 43.6 Å². The van der Waals surface area contributed by atoms with Crippen LogP contribution < -0.4 is 10.1 Å². The van der Waals surface area contributed by atoms with Gasteiger partial charge < -0.3 is 29.3 Å². The predicted molar refractivity (Wildman–Crippen MR) is 115 cm³/mol. The average molecular weight is 453 g/mol. The molecule has 4 aromatic rings. The summed E-state index contributed by atoms with van der Waals surface area (Å²) in [4.78, 5) is 18.3. The monoisotopic (exact) mass is 453 g/mol. The minimum atomic E-state index is -1.24. The molecule has 0 bridgehead atoms. The second-order valence-corrected chi connectivity index (χ2v) is 7.71. The number of aromatic nitrogens is 4. The molecule has 2 aromatic heterocycles. The summed E-state index contributed by atoms with van der Waals surface area (Å²) < 4.78 is 29.6. The first kappa shape index (κ1) is 20.7. The van der Waals surface area contributed by atoms with Crippen molar-refractivity contribution < 1.29 is 28.2 Å². The normalized spacial score (nSPS) is 18.2. The van der Waals surface area contributed by atoms with Crippen molar-refractivity contribution in [3.8, 4) is 17.5 Å². The van der Waals surface area contributed by atoms with Crippen LogP contribution in [0.15, 0.2) is 46.9 Å². The fourth-order valence-corrected chi connectivity index (χ4v) is 3.79. The molecule has 0 saturated heterocycles. The van der Waals surface area contributed by atoms with E-state index in [1.54, 1.807) is 12.1 Å². The number of carbonyl (C=O) groups is 1. The van der Waals surface area contributed by atoms with Crippen molar-refractivity contribution in [1.29, 1.82) is 0 Å². The van der Waals surface area contributed by atoms with E-state index >= 15 is 0 Å².